The Balaban J connectivity index is 1.76. The summed E-state index contributed by atoms with van der Waals surface area (Å²) in [6.45, 7) is 1.94. The number of benzene rings is 3. The van der Waals surface area contributed by atoms with E-state index in [1.807, 2.05) is 25.1 Å². The van der Waals surface area contributed by atoms with Gasteiger partial charge in [0.05, 0.1) is 6.04 Å². The minimum absolute atomic E-state index is 0.127. The number of amides is 2. The fraction of sp³-hybridized carbons (Fsp3) is 0.100. The van der Waals surface area contributed by atoms with E-state index in [0.717, 1.165) is 10.9 Å². The second-order valence-electron chi connectivity index (χ2n) is 5.74. The van der Waals surface area contributed by atoms with Crippen LogP contribution in [0.1, 0.15) is 39.2 Å². The molecule has 0 fully saturated rings. The van der Waals surface area contributed by atoms with E-state index in [9.17, 15) is 9.59 Å². The highest BCUT2D eigenvalue weighted by molar-refractivity contribution is 5.97. The first-order chi connectivity index (χ1) is 11.5. The molecule has 3 rings (SSSR count). The zero-order valence-electron chi connectivity index (χ0n) is 13.3. The van der Waals surface area contributed by atoms with Crippen LogP contribution in [0.15, 0.2) is 66.7 Å². The third-order valence-corrected chi connectivity index (χ3v) is 4.05. The molecule has 1 unspecified atom stereocenters. The molecular weight excluding hydrogens is 300 g/mol. The van der Waals surface area contributed by atoms with Gasteiger partial charge in [-0.1, -0.05) is 36.4 Å². The van der Waals surface area contributed by atoms with Gasteiger partial charge in [-0.15, -0.1) is 0 Å². The summed E-state index contributed by atoms with van der Waals surface area (Å²) in [6, 6.07) is 20.4. The van der Waals surface area contributed by atoms with Gasteiger partial charge in [0.2, 0.25) is 5.91 Å². The molecule has 1 atom stereocenters. The van der Waals surface area contributed by atoms with Crippen LogP contribution < -0.4 is 11.1 Å². The SMILES string of the molecule is CC(NC(=O)c1ccc(C(N)=O)cc1)c1ccc2ccccc2c1. The van der Waals surface area contributed by atoms with Crippen LogP contribution >= 0.6 is 0 Å². The van der Waals surface area contributed by atoms with Gasteiger partial charge in [-0.05, 0) is 53.6 Å². The molecule has 4 heteroatoms. The predicted molar refractivity (Wildman–Crippen MR) is 94.8 cm³/mol. The lowest BCUT2D eigenvalue weighted by Gasteiger charge is -2.15. The van der Waals surface area contributed by atoms with Gasteiger partial charge in [0, 0.05) is 11.1 Å². The van der Waals surface area contributed by atoms with Crippen molar-refractivity contribution in [1.29, 1.82) is 0 Å². The number of hydrogen-bond donors (Lipinski definition) is 2. The number of primary amides is 1. The number of nitrogens with two attached hydrogens (primary N) is 1. The van der Waals surface area contributed by atoms with E-state index in [-0.39, 0.29) is 11.9 Å². The average molecular weight is 318 g/mol. The average Bonchev–Trinajstić information content (AvgIpc) is 2.61. The molecule has 3 aromatic carbocycles. The number of hydrogen-bond acceptors (Lipinski definition) is 2. The van der Waals surface area contributed by atoms with Crippen LogP contribution in [0.25, 0.3) is 10.8 Å². The number of fused-ring (bicyclic) bond motifs is 1. The maximum Gasteiger partial charge on any atom is 0.251 e. The molecule has 0 bridgehead atoms. The Bertz CT molecular complexity index is 901. The molecule has 0 aliphatic rings. The van der Waals surface area contributed by atoms with Gasteiger partial charge in [-0.2, -0.15) is 0 Å². The summed E-state index contributed by atoms with van der Waals surface area (Å²) in [6.07, 6.45) is 0. The van der Waals surface area contributed by atoms with Crippen molar-refractivity contribution in [1.82, 2.24) is 5.32 Å². The Labute approximate surface area is 140 Å². The molecule has 0 radical (unpaired) electrons. The maximum absolute atomic E-state index is 12.3. The monoisotopic (exact) mass is 318 g/mol. The summed E-state index contributed by atoms with van der Waals surface area (Å²) in [5.74, 6) is -0.696. The van der Waals surface area contributed by atoms with Gasteiger partial charge >= 0.3 is 0 Å². The zero-order valence-corrected chi connectivity index (χ0v) is 13.3. The molecular formula is C20H18N2O2. The van der Waals surface area contributed by atoms with Crippen molar-refractivity contribution in [3.63, 3.8) is 0 Å². The predicted octanol–water partition coefficient (Wildman–Crippen LogP) is 3.43. The van der Waals surface area contributed by atoms with Crippen molar-refractivity contribution in [2.45, 2.75) is 13.0 Å². The van der Waals surface area contributed by atoms with Crippen molar-refractivity contribution in [3.8, 4) is 0 Å². The lowest BCUT2D eigenvalue weighted by atomic mass is 10.0. The van der Waals surface area contributed by atoms with Crippen LogP contribution in [0.4, 0.5) is 0 Å². The van der Waals surface area contributed by atoms with Gasteiger partial charge in [-0.25, -0.2) is 0 Å². The molecule has 3 N–H and O–H groups in total. The summed E-state index contributed by atoms with van der Waals surface area (Å²) in [5.41, 5.74) is 7.12. The minimum atomic E-state index is -0.508. The van der Waals surface area contributed by atoms with Crippen molar-refractivity contribution >= 4 is 22.6 Å². The molecule has 0 aliphatic carbocycles. The molecule has 0 saturated heterocycles. The van der Waals surface area contributed by atoms with Crippen molar-refractivity contribution < 1.29 is 9.59 Å². The second kappa shape index (κ2) is 6.54. The number of carbonyl (C=O) groups excluding carboxylic acids is 2. The standard InChI is InChI=1S/C20H18N2O2/c1-13(17-11-6-14-4-2-3-5-18(14)12-17)22-20(24)16-9-7-15(8-10-16)19(21)23/h2-13H,1H3,(H2,21,23)(H,22,24). The van der Waals surface area contributed by atoms with Crippen LogP contribution in [-0.4, -0.2) is 11.8 Å². The highest BCUT2D eigenvalue weighted by Crippen LogP contribution is 2.20. The molecule has 120 valence electrons. The van der Waals surface area contributed by atoms with Crippen LogP contribution in [0.5, 0.6) is 0 Å². The van der Waals surface area contributed by atoms with Gasteiger partial charge in [0.25, 0.3) is 5.91 Å². The van der Waals surface area contributed by atoms with Crippen molar-refractivity contribution in [2.24, 2.45) is 5.73 Å². The lowest BCUT2D eigenvalue weighted by molar-refractivity contribution is 0.0937. The third kappa shape index (κ3) is 3.27. The first-order valence-corrected chi connectivity index (χ1v) is 7.74. The quantitative estimate of drug-likeness (QED) is 0.773. The fourth-order valence-electron chi connectivity index (χ4n) is 2.63. The van der Waals surface area contributed by atoms with Crippen LogP contribution in [0, 0.1) is 0 Å². The molecule has 0 aliphatic heterocycles. The Kier molecular flexibility index (Phi) is 4.29. The molecule has 24 heavy (non-hydrogen) atoms. The van der Waals surface area contributed by atoms with E-state index in [1.54, 1.807) is 24.3 Å². The van der Waals surface area contributed by atoms with Gasteiger partial charge in [-0.3, -0.25) is 9.59 Å². The maximum atomic E-state index is 12.3. The summed E-state index contributed by atoms with van der Waals surface area (Å²) in [5, 5.41) is 5.28. The minimum Gasteiger partial charge on any atom is -0.366 e. The van der Waals surface area contributed by atoms with Crippen molar-refractivity contribution in [2.75, 3.05) is 0 Å². The fourth-order valence-corrected chi connectivity index (χ4v) is 2.63. The Morgan fingerprint density at radius 3 is 2.17 bits per heavy atom. The first kappa shape index (κ1) is 15.7. The van der Waals surface area contributed by atoms with Gasteiger partial charge in [0.1, 0.15) is 0 Å². The van der Waals surface area contributed by atoms with E-state index >= 15 is 0 Å². The summed E-state index contributed by atoms with van der Waals surface area (Å²) in [7, 11) is 0. The van der Waals surface area contributed by atoms with E-state index in [0.29, 0.717) is 11.1 Å². The first-order valence-electron chi connectivity index (χ1n) is 7.74. The van der Waals surface area contributed by atoms with Gasteiger partial charge < -0.3 is 11.1 Å². The Hall–Kier alpha value is -3.14. The summed E-state index contributed by atoms with van der Waals surface area (Å²) < 4.78 is 0. The van der Waals surface area contributed by atoms with Crippen LogP contribution in [0.3, 0.4) is 0 Å². The molecule has 2 amide bonds. The molecule has 0 aromatic heterocycles. The Morgan fingerprint density at radius 1 is 0.875 bits per heavy atom. The van der Waals surface area contributed by atoms with E-state index < -0.39 is 5.91 Å². The van der Waals surface area contributed by atoms with Crippen LogP contribution in [-0.2, 0) is 0 Å². The highest BCUT2D eigenvalue weighted by Gasteiger charge is 2.12. The molecule has 0 spiro atoms. The largest absolute Gasteiger partial charge is 0.366 e. The van der Waals surface area contributed by atoms with E-state index in [2.05, 4.69) is 29.6 Å². The number of carbonyl (C=O) groups is 2. The number of rotatable bonds is 4. The second-order valence-corrected chi connectivity index (χ2v) is 5.74. The van der Waals surface area contributed by atoms with E-state index in [4.69, 9.17) is 5.73 Å². The van der Waals surface area contributed by atoms with Crippen LogP contribution in [0.2, 0.25) is 0 Å². The van der Waals surface area contributed by atoms with Crippen molar-refractivity contribution in [3.05, 3.63) is 83.4 Å². The van der Waals surface area contributed by atoms with E-state index in [1.165, 1.54) is 5.39 Å². The smallest absolute Gasteiger partial charge is 0.251 e. The summed E-state index contributed by atoms with van der Waals surface area (Å²) in [4.78, 5) is 23.4. The third-order valence-electron chi connectivity index (χ3n) is 4.05. The Morgan fingerprint density at radius 2 is 1.50 bits per heavy atom. The molecule has 3 aromatic rings. The summed E-state index contributed by atoms with van der Waals surface area (Å²) >= 11 is 0. The topological polar surface area (TPSA) is 72.2 Å². The zero-order chi connectivity index (χ0) is 17.1. The van der Waals surface area contributed by atoms with Gasteiger partial charge in [0.15, 0.2) is 0 Å². The highest BCUT2D eigenvalue weighted by atomic mass is 16.2. The molecule has 0 heterocycles. The molecule has 4 nitrogen and oxygen atoms in total. The lowest BCUT2D eigenvalue weighted by Crippen LogP contribution is -2.26. The molecule has 0 saturated carbocycles. The normalized spacial score (nSPS) is 11.9. The number of nitrogens with one attached hydrogen (secondary N) is 1.